The van der Waals surface area contributed by atoms with Crippen molar-refractivity contribution >= 4 is 16.6 Å². The van der Waals surface area contributed by atoms with Crippen LogP contribution in [0.4, 0.5) is 0 Å². The van der Waals surface area contributed by atoms with Gasteiger partial charge in [0.05, 0.1) is 0 Å². The maximum Gasteiger partial charge on any atom is 0.197 e. The van der Waals surface area contributed by atoms with Crippen molar-refractivity contribution in [1.29, 1.82) is 0 Å². The van der Waals surface area contributed by atoms with Gasteiger partial charge in [-0.1, -0.05) is 24.3 Å². The van der Waals surface area contributed by atoms with Crippen LogP contribution in [0, 0.1) is 6.92 Å². The van der Waals surface area contributed by atoms with Crippen LogP contribution >= 0.6 is 0 Å². The standard InChI is InChI=1S/C16H12N2O/c1-11-6-7-17-9-14(11)16(19)15-10-18-8-12-4-2-3-5-13(12)15/h2-10H,1H3. The molecule has 0 aliphatic rings. The predicted molar refractivity (Wildman–Crippen MR) is 74.1 cm³/mol. The zero-order valence-electron chi connectivity index (χ0n) is 10.5. The van der Waals surface area contributed by atoms with Crippen molar-refractivity contribution in [2.24, 2.45) is 0 Å². The van der Waals surface area contributed by atoms with E-state index in [9.17, 15) is 4.79 Å². The van der Waals surface area contributed by atoms with Crippen LogP contribution in [0.25, 0.3) is 10.8 Å². The van der Waals surface area contributed by atoms with E-state index in [2.05, 4.69) is 9.97 Å². The zero-order valence-corrected chi connectivity index (χ0v) is 10.5. The van der Waals surface area contributed by atoms with Crippen LogP contribution in [-0.2, 0) is 0 Å². The van der Waals surface area contributed by atoms with E-state index >= 15 is 0 Å². The summed E-state index contributed by atoms with van der Waals surface area (Å²) in [7, 11) is 0. The Labute approximate surface area is 111 Å². The van der Waals surface area contributed by atoms with Crippen LogP contribution in [0.1, 0.15) is 21.5 Å². The van der Waals surface area contributed by atoms with Gasteiger partial charge in [-0.3, -0.25) is 14.8 Å². The summed E-state index contributed by atoms with van der Waals surface area (Å²) in [4.78, 5) is 20.8. The number of pyridine rings is 2. The molecule has 0 aliphatic carbocycles. The molecule has 3 heteroatoms. The van der Waals surface area contributed by atoms with Crippen molar-refractivity contribution in [3.63, 3.8) is 0 Å². The highest BCUT2D eigenvalue weighted by Crippen LogP contribution is 2.21. The Balaban J connectivity index is 2.20. The number of ketones is 1. The summed E-state index contributed by atoms with van der Waals surface area (Å²) in [5, 5.41) is 1.89. The van der Waals surface area contributed by atoms with Gasteiger partial charge in [-0.25, -0.2) is 0 Å². The van der Waals surface area contributed by atoms with E-state index in [0.717, 1.165) is 16.3 Å². The number of nitrogens with zero attached hydrogens (tertiary/aromatic N) is 2. The Morgan fingerprint density at radius 1 is 0.947 bits per heavy atom. The summed E-state index contributed by atoms with van der Waals surface area (Å²) >= 11 is 0. The number of carbonyl (C=O) groups excluding carboxylic acids is 1. The van der Waals surface area contributed by atoms with Crippen molar-refractivity contribution < 1.29 is 4.79 Å². The molecule has 2 heterocycles. The van der Waals surface area contributed by atoms with Crippen LogP contribution in [0.3, 0.4) is 0 Å². The molecule has 0 atom stereocenters. The van der Waals surface area contributed by atoms with Crippen molar-refractivity contribution in [3.8, 4) is 0 Å². The Morgan fingerprint density at radius 3 is 2.58 bits per heavy atom. The van der Waals surface area contributed by atoms with Gasteiger partial charge in [-0.15, -0.1) is 0 Å². The maximum absolute atomic E-state index is 12.6. The van der Waals surface area contributed by atoms with Gasteiger partial charge in [0.15, 0.2) is 5.78 Å². The topological polar surface area (TPSA) is 42.9 Å². The molecule has 19 heavy (non-hydrogen) atoms. The van der Waals surface area contributed by atoms with E-state index < -0.39 is 0 Å². The van der Waals surface area contributed by atoms with E-state index in [4.69, 9.17) is 0 Å². The first-order chi connectivity index (χ1) is 9.27. The first kappa shape index (κ1) is 11.5. The largest absolute Gasteiger partial charge is 0.288 e. The smallest absolute Gasteiger partial charge is 0.197 e. The lowest BCUT2D eigenvalue weighted by Crippen LogP contribution is -2.05. The number of benzene rings is 1. The van der Waals surface area contributed by atoms with Crippen LogP contribution < -0.4 is 0 Å². The second-order valence-corrected chi connectivity index (χ2v) is 4.43. The quantitative estimate of drug-likeness (QED) is 0.654. The molecule has 3 aromatic rings. The fraction of sp³-hybridized carbons (Fsp3) is 0.0625. The molecule has 0 saturated heterocycles. The molecule has 1 aromatic carbocycles. The molecular formula is C16H12N2O. The third-order valence-electron chi connectivity index (χ3n) is 3.20. The van der Waals surface area contributed by atoms with Crippen LogP contribution in [-0.4, -0.2) is 15.8 Å². The highest BCUT2D eigenvalue weighted by Gasteiger charge is 2.14. The first-order valence-corrected chi connectivity index (χ1v) is 6.05. The highest BCUT2D eigenvalue weighted by molar-refractivity contribution is 6.16. The van der Waals surface area contributed by atoms with Gasteiger partial charge in [-0.05, 0) is 23.9 Å². The Kier molecular flexibility index (Phi) is 2.80. The van der Waals surface area contributed by atoms with E-state index in [1.807, 2.05) is 37.3 Å². The number of aryl methyl sites for hydroxylation is 1. The number of rotatable bonds is 2. The van der Waals surface area contributed by atoms with Crippen molar-refractivity contribution in [3.05, 3.63) is 71.8 Å². The van der Waals surface area contributed by atoms with Crippen molar-refractivity contribution in [2.75, 3.05) is 0 Å². The van der Waals surface area contributed by atoms with Crippen LogP contribution in [0.2, 0.25) is 0 Å². The molecule has 92 valence electrons. The lowest BCUT2D eigenvalue weighted by Gasteiger charge is -2.06. The number of carbonyl (C=O) groups is 1. The molecule has 0 radical (unpaired) electrons. The molecule has 0 aliphatic heterocycles. The minimum atomic E-state index is -0.0325. The molecule has 0 N–H and O–H groups in total. The van der Waals surface area contributed by atoms with Gasteiger partial charge in [0, 0.05) is 41.3 Å². The molecule has 0 saturated carbocycles. The number of hydrogen-bond donors (Lipinski definition) is 0. The number of hydrogen-bond acceptors (Lipinski definition) is 3. The van der Waals surface area contributed by atoms with Crippen molar-refractivity contribution in [1.82, 2.24) is 9.97 Å². The SMILES string of the molecule is Cc1ccncc1C(=O)c1cncc2ccccc12. The molecule has 2 aromatic heterocycles. The van der Waals surface area contributed by atoms with Gasteiger partial charge in [-0.2, -0.15) is 0 Å². The fourth-order valence-corrected chi connectivity index (χ4v) is 2.14. The molecule has 3 nitrogen and oxygen atoms in total. The van der Waals surface area contributed by atoms with E-state index in [1.54, 1.807) is 24.8 Å². The lowest BCUT2D eigenvalue weighted by atomic mass is 9.98. The van der Waals surface area contributed by atoms with E-state index in [1.165, 1.54) is 0 Å². The summed E-state index contributed by atoms with van der Waals surface area (Å²) in [5.74, 6) is -0.0325. The van der Waals surface area contributed by atoms with E-state index in [0.29, 0.717) is 11.1 Å². The highest BCUT2D eigenvalue weighted by atomic mass is 16.1. The molecule has 0 bridgehead atoms. The average Bonchev–Trinajstić information content (AvgIpc) is 2.46. The molecule has 0 amide bonds. The van der Waals surface area contributed by atoms with E-state index in [-0.39, 0.29) is 5.78 Å². The Hall–Kier alpha value is -2.55. The third kappa shape index (κ3) is 1.99. The second-order valence-electron chi connectivity index (χ2n) is 4.43. The molecule has 0 unspecified atom stereocenters. The fourth-order valence-electron chi connectivity index (χ4n) is 2.14. The second kappa shape index (κ2) is 4.61. The molecule has 0 fully saturated rings. The first-order valence-electron chi connectivity index (χ1n) is 6.05. The average molecular weight is 248 g/mol. The van der Waals surface area contributed by atoms with Gasteiger partial charge < -0.3 is 0 Å². The molecule has 3 rings (SSSR count). The van der Waals surface area contributed by atoms with Crippen molar-refractivity contribution in [2.45, 2.75) is 6.92 Å². The normalized spacial score (nSPS) is 10.6. The summed E-state index contributed by atoms with van der Waals surface area (Å²) < 4.78 is 0. The third-order valence-corrected chi connectivity index (χ3v) is 3.20. The van der Waals surface area contributed by atoms with Gasteiger partial charge in [0.25, 0.3) is 0 Å². The molecular weight excluding hydrogens is 236 g/mol. The number of aromatic nitrogens is 2. The molecule has 0 spiro atoms. The maximum atomic E-state index is 12.6. The minimum Gasteiger partial charge on any atom is -0.288 e. The summed E-state index contributed by atoms with van der Waals surface area (Å²) in [6, 6.07) is 9.60. The summed E-state index contributed by atoms with van der Waals surface area (Å²) in [6.45, 7) is 1.91. The Bertz CT molecular complexity index is 760. The zero-order chi connectivity index (χ0) is 13.2. The lowest BCUT2D eigenvalue weighted by molar-refractivity contribution is 0.103. The predicted octanol–water partition coefficient (Wildman–Crippen LogP) is 3.17. The minimum absolute atomic E-state index is 0.0325. The van der Waals surface area contributed by atoms with Crippen LogP contribution in [0.5, 0.6) is 0 Å². The monoisotopic (exact) mass is 248 g/mol. The van der Waals surface area contributed by atoms with Gasteiger partial charge >= 0.3 is 0 Å². The van der Waals surface area contributed by atoms with Gasteiger partial charge in [0.1, 0.15) is 0 Å². The van der Waals surface area contributed by atoms with Gasteiger partial charge in [0.2, 0.25) is 0 Å². The Morgan fingerprint density at radius 2 is 1.74 bits per heavy atom. The van der Waals surface area contributed by atoms with Crippen LogP contribution in [0.15, 0.2) is 55.1 Å². The summed E-state index contributed by atoms with van der Waals surface area (Å²) in [6.07, 6.45) is 6.69. The number of fused-ring (bicyclic) bond motifs is 1. The summed E-state index contributed by atoms with van der Waals surface area (Å²) in [5.41, 5.74) is 2.17.